The molecule has 1 aromatic carbocycles. The summed E-state index contributed by atoms with van der Waals surface area (Å²) in [7, 11) is 0. The van der Waals surface area contributed by atoms with Crippen molar-refractivity contribution >= 4 is 17.3 Å². The van der Waals surface area contributed by atoms with Crippen molar-refractivity contribution in [1.29, 1.82) is 0 Å². The van der Waals surface area contributed by atoms with Crippen molar-refractivity contribution in [2.45, 2.75) is 6.54 Å². The number of amides is 1. The van der Waals surface area contributed by atoms with Crippen molar-refractivity contribution in [3.63, 3.8) is 0 Å². The van der Waals surface area contributed by atoms with Gasteiger partial charge >= 0.3 is 0 Å². The average Bonchev–Trinajstić information content (AvgIpc) is 2.63. The number of aromatic nitrogens is 2. The van der Waals surface area contributed by atoms with Crippen molar-refractivity contribution in [3.05, 3.63) is 84.2 Å². The van der Waals surface area contributed by atoms with Crippen LogP contribution < -0.4 is 10.6 Å². The van der Waals surface area contributed by atoms with Gasteiger partial charge in [-0.1, -0.05) is 18.2 Å². The summed E-state index contributed by atoms with van der Waals surface area (Å²) in [5, 5.41) is 5.69. The number of halogens is 1. The molecular weight excluding hydrogens is 307 g/mol. The van der Waals surface area contributed by atoms with Crippen LogP contribution in [0.1, 0.15) is 16.2 Å². The standard InChI is InChI=1S/C18H15FN4O/c19-15-6-1-2-7-16(15)23-13-8-10-21-17(11-13)18(24)22-12-14-5-3-4-9-20-14/h1-11H,12H2,(H,21,23)(H,22,24). The third-order valence-corrected chi connectivity index (χ3v) is 3.30. The fraction of sp³-hybridized carbons (Fsp3) is 0.0556. The van der Waals surface area contributed by atoms with Gasteiger partial charge in [-0.3, -0.25) is 14.8 Å². The number of nitrogens with one attached hydrogen (secondary N) is 2. The van der Waals surface area contributed by atoms with E-state index in [1.807, 2.05) is 18.2 Å². The van der Waals surface area contributed by atoms with Crippen LogP contribution in [0, 0.1) is 5.82 Å². The van der Waals surface area contributed by atoms with E-state index < -0.39 is 0 Å². The number of hydrogen-bond donors (Lipinski definition) is 2. The highest BCUT2D eigenvalue weighted by atomic mass is 19.1. The van der Waals surface area contributed by atoms with E-state index in [9.17, 15) is 9.18 Å². The molecule has 3 aromatic rings. The van der Waals surface area contributed by atoms with Crippen molar-refractivity contribution in [2.24, 2.45) is 0 Å². The minimum Gasteiger partial charge on any atom is -0.353 e. The Morgan fingerprint density at radius 1 is 1.00 bits per heavy atom. The molecule has 6 heteroatoms. The Bertz CT molecular complexity index is 839. The number of benzene rings is 1. The lowest BCUT2D eigenvalue weighted by Crippen LogP contribution is -2.24. The summed E-state index contributed by atoms with van der Waals surface area (Å²) in [6.45, 7) is 0.312. The number of carbonyl (C=O) groups is 1. The van der Waals surface area contributed by atoms with Crippen LogP contribution in [0.25, 0.3) is 0 Å². The van der Waals surface area contributed by atoms with Gasteiger partial charge in [-0.05, 0) is 36.4 Å². The molecule has 0 saturated heterocycles. The predicted molar refractivity (Wildman–Crippen MR) is 89.3 cm³/mol. The number of carbonyl (C=O) groups excluding carboxylic acids is 1. The molecular formula is C18H15FN4O. The number of rotatable bonds is 5. The van der Waals surface area contributed by atoms with Crippen molar-refractivity contribution in [3.8, 4) is 0 Å². The molecule has 5 nitrogen and oxygen atoms in total. The summed E-state index contributed by atoms with van der Waals surface area (Å²) in [4.78, 5) is 20.4. The zero-order valence-corrected chi connectivity index (χ0v) is 12.7. The maximum atomic E-state index is 13.7. The van der Waals surface area contributed by atoms with Gasteiger partial charge < -0.3 is 10.6 Å². The maximum absolute atomic E-state index is 13.7. The van der Waals surface area contributed by atoms with E-state index in [2.05, 4.69) is 20.6 Å². The average molecular weight is 322 g/mol. The molecule has 0 fully saturated rings. The number of pyridine rings is 2. The molecule has 0 aliphatic rings. The van der Waals surface area contributed by atoms with Crippen molar-refractivity contribution in [1.82, 2.24) is 15.3 Å². The minimum absolute atomic E-state index is 0.243. The first-order chi connectivity index (χ1) is 11.7. The molecule has 24 heavy (non-hydrogen) atoms. The van der Waals surface area contributed by atoms with Gasteiger partial charge in [-0.25, -0.2) is 4.39 Å². The Morgan fingerprint density at radius 3 is 2.62 bits per heavy atom. The highest BCUT2D eigenvalue weighted by molar-refractivity contribution is 5.93. The van der Waals surface area contributed by atoms with Crippen LogP contribution in [0.4, 0.5) is 15.8 Å². The van der Waals surface area contributed by atoms with Crippen LogP contribution in [0.2, 0.25) is 0 Å². The van der Waals surface area contributed by atoms with Gasteiger partial charge in [0.2, 0.25) is 0 Å². The second-order valence-electron chi connectivity index (χ2n) is 5.04. The molecule has 0 unspecified atom stereocenters. The Kier molecular flexibility index (Phi) is 4.76. The molecule has 0 radical (unpaired) electrons. The zero-order valence-electron chi connectivity index (χ0n) is 12.7. The molecule has 0 saturated carbocycles. The molecule has 1 amide bonds. The number of anilines is 2. The molecule has 0 spiro atoms. The van der Waals surface area contributed by atoms with E-state index in [1.54, 1.807) is 36.5 Å². The van der Waals surface area contributed by atoms with E-state index >= 15 is 0 Å². The molecule has 0 bridgehead atoms. The minimum atomic E-state index is -0.365. The topological polar surface area (TPSA) is 66.9 Å². The van der Waals surface area contributed by atoms with Crippen molar-refractivity contribution in [2.75, 3.05) is 5.32 Å². The fourth-order valence-corrected chi connectivity index (χ4v) is 2.11. The van der Waals surface area contributed by atoms with Crippen molar-refractivity contribution < 1.29 is 9.18 Å². The van der Waals surface area contributed by atoms with Crippen LogP contribution in [-0.2, 0) is 6.54 Å². The molecule has 3 rings (SSSR count). The molecule has 2 heterocycles. The summed E-state index contributed by atoms with van der Waals surface area (Å²) >= 11 is 0. The first-order valence-electron chi connectivity index (χ1n) is 7.38. The normalized spacial score (nSPS) is 10.2. The number of para-hydroxylation sites is 1. The SMILES string of the molecule is O=C(NCc1ccccn1)c1cc(Nc2ccccc2F)ccn1. The fourth-order valence-electron chi connectivity index (χ4n) is 2.11. The highest BCUT2D eigenvalue weighted by Gasteiger charge is 2.09. The lowest BCUT2D eigenvalue weighted by molar-refractivity contribution is 0.0945. The number of nitrogens with zero attached hydrogens (tertiary/aromatic N) is 2. The molecule has 2 N–H and O–H groups in total. The van der Waals surface area contributed by atoms with E-state index in [4.69, 9.17) is 0 Å². The summed E-state index contributed by atoms with van der Waals surface area (Å²) in [6, 6.07) is 15.1. The Labute approximate surface area is 138 Å². The first kappa shape index (κ1) is 15.6. The number of hydrogen-bond acceptors (Lipinski definition) is 4. The molecule has 0 aliphatic carbocycles. The van der Waals surface area contributed by atoms with E-state index in [0.717, 1.165) is 5.69 Å². The van der Waals surface area contributed by atoms with Crippen LogP contribution >= 0.6 is 0 Å². The van der Waals surface area contributed by atoms with Gasteiger partial charge in [0.1, 0.15) is 11.5 Å². The van der Waals surface area contributed by atoms with E-state index in [-0.39, 0.29) is 17.4 Å². The monoisotopic (exact) mass is 322 g/mol. The predicted octanol–water partition coefficient (Wildman–Crippen LogP) is 3.29. The Morgan fingerprint density at radius 2 is 1.83 bits per heavy atom. The summed E-state index contributed by atoms with van der Waals surface area (Å²) in [5.41, 5.74) is 1.92. The third-order valence-electron chi connectivity index (χ3n) is 3.30. The van der Waals surface area contributed by atoms with E-state index in [0.29, 0.717) is 17.9 Å². The maximum Gasteiger partial charge on any atom is 0.270 e. The van der Waals surface area contributed by atoms with Crippen LogP contribution in [-0.4, -0.2) is 15.9 Å². The van der Waals surface area contributed by atoms with Gasteiger partial charge in [0.25, 0.3) is 5.91 Å². The Balaban J connectivity index is 1.68. The third kappa shape index (κ3) is 3.92. The van der Waals surface area contributed by atoms with Gasteiger partial charge in [0, 0.05) is 18.1 Å². The lowest BCUT2D eigenvalue weighted by Gasteiger charge is -2.09. The largest absolute Gasteiger partial charge is 0.353 e. The smallest absolute Gasteiger partial charge is 0.270 e. The lowest BCUT2D eigenvalue weighted by atomic mass is 10.2. The Hall–Kier alpha value is -3.28. The van der Waals surface area contributed by atoms with Gasteiger partial charge in [0.15, 0.2) is 0 Å². The van der Waals surface area contributed by atoms with Gasteiger partial charge in [-0.15, -0.1) is 0 Å². The second kappa shape index (κ2) is 7.32. The zero-order chi connectivity index (χ0) is 16.8. The second-order valence-corrected chi connectivity index (χ2v) is 5.04. The van der Waals surface area contributed by atoms with Crippen LogP contribution in [0.3, 0.4) is 0 Å². The molecule has 2 aromatic heterocycles. The highest BCUT2D eigenvalue weighted by Crippen LogP contribution is 2.19. The first-order valence-corrected chi connectivity index (χ1v) is 7.38. The molecule has 0 atom stereocenters. The quantitative estimate of drug-likeness (QED) is 0.756. The van der Waals surface area contributed by atoms with E-state index in [1.165, 1.54) is 12.3 Å². The molecule has 120 valence electrons. The van der Waals surface area contributed by atoms with Crippen LogP contribution in [0.15, 0.2) is 67.0 Å². The van der Waals surface area contributed by atoms with Gasteiger partial charge in [0.05, 0.1) is 17.9 Å². The van der Waals surface area contributed by atoms with Gasteiger partial charge in [-0.2, -0.15) is 0 Å². The summed E-state index contributed by atoms with van der Waals surface area (Å²) in [5.74, 6) is -0.687. The summed E-state index contributed by atoms with van der Waals surface area (Å²) < 4.78 is 13.7. The summed E-state index contributed by atoms with van der Waals surface area (Å²) in [6.07, 6.45) is 3.16. The molecule has 0 aliphatic heterocycles. The van der Waals surface area contributed by atoms with Crippen LogP contribution in [0.5, 0.6) is 0 Å².